The second-order valence-electron chi connectivity index (χ2n) is 3.60. The number of carbonyl (C=O) groups is 1. The molecular formula is C13H9BrFNO. The minimum absolute atomic E-state index is 0.0309. The maximum Gasteiger partial charge on any atom is 0.168 e. The average molecular weight is 294 g/mol. The highest BCUT2D eigenvalue weighted by Crippen LogP contribution is 2.10. The molecule has 1 aromatic carbocycles. The van der Waals surface area contributed by atoms with Gasteiger partial charge >= 0.3 is 0 Å². The molecule has 1 aromatic heterocycles. The molecule has 2 aromatic rings. The fraction of sp³-hybridized carbons (Fsp3) is 0.0769. The molecule has 86 valence electrons. The number of ketones is 1. The summed E-state index contributed by atoms with van der Waals surface area (Å²) in [6.07, 6.45) is 1.78. The van der Waals surface area contributed by atoms with Crippen LogP contribution in [0.3, 0.4) is 0 Å². The van der Waals surface area contributed by atoms with E-state index in [1.54, 1.807) is 24.3 Å². The molecule has 0 atom stereocenters. The zero-order valence-corrected chi connectivity index (χ0v) is 10.4. The highest BCUT2D eigenvalue weighted by atomic mass is 79.9. The van der Waals surface area contributed by atoms with E-state index in [-0.39, 0.29) is 18.0 Å². The van der Waals surface area contributed by atoms with Crippen LogP contribution in [0.1, 0.15) is 15.9 Å². The van der Waals surface area contributed by atoms with Crippen molar-refractivity contribution in [1.29, 1.82) is 0 Å². The topological polar surface area (TPSA) is 30.0 Å². The van der Waals surface area contributed by atoms with Crippen molar-refractivity contribution >= 4 is 21.7 Å². The summed E-state index contributed by atoms with van der Waals surface area (Å²) in [5.74, 6) is -0.330. The van der Waals surface area contributed by atoms with Crippen LogP contribution >= 0.6 is 15.9 Å². The van der Waals surface area contributed by atoms with E-state index in [9.17, 15) is 9.18 Å². The molecule has 2 nitrogen and oxygen atoms in total. The van der Waals surface area contributed by atoms with E-state index in [0.717, 1.165) is 5.56 Å². The standard InChI is InChI=1S/C13H9BrFNO/c14-13-6-3-10(8-16-13)12(17)7-9-1-4-11(15)5-2-9/h1-6,8H,7H2. The van der Waals surface area contributed by atoms with Gasteiger partial charge in [0.1, 0.15) is 10.4 Å². The molecule has 4 heteroatoms. The Labute approximate surface area is 107 Å². The second kappa shape index (κ2) is 5.19. The van der Waals surface area contributed by atoms with Crippen LogP contribution in [-0.2, 0) is 6.42 Å². The van der Waals surface area contributed by atoms with Gasteiger partial charge in [-0.15, -0.1) is 0 Å². The summed E-state index contributed by atoms with van der Waals surface area (Å²) in [4.78, 5) is 15.9. The van der Waals surface area contributed by atoms with Gasteiger partial charge in [-0.2, -0.15) is 0 Å². The van der Waals surface area contributed by atoms with Crippen LogP contribution in [0.5, 0.6) is 0 Å². The molecule has 0 saturated heterocycles. The molecular weight excluding hydrogens is 285 g/mol. The number of benzene rings is 1. The lowest BCUT2D eigenvalue weighted by Crippen LogP contribution is -2.03. The van der Waals surface area contributed by atoms with Crippen LogP contribution < -0.4 is 0 Å². The van der Waals surface area contributed by atoms with Crippen molar-refractivity contribution < 1.29 is 9.18 Å². The van der Waals surface area contributed by atoms with Crippen molar-refractivity contribution in [2.45, 2.75) is 6.42 Å². The predicted molar refractivity (Wildman–Crippen MR) is 66.4 cm³/mol. The van der Waals surface area contributed by atoms with Crippen LogP contribution in [0.2, 0.25) is 0 Å². The lowest BCUT2D eigenvalue weighted by atomic mass is 10.0. The lowest BCUT2D eigenvalue weighted by Gasteiger charge is -2.01. The van der Waals surface area contributed by atoms with Gasteiger partial charge in [0.15, 0.2) is 5.78 Å². The first-order valence-corrected chi connectivity index (χ1v) is 5.83. The third-order valence-corrected chi connectivity index (χ3v) is 2.80. The van der Waals surface area contributed by atoms with Gasteiger partial charge in [0.2, 0.25) is 0 Å². The Morgan fingerprint density at radius 2 is 1.88 bits per heavy atom. The Bertz CT molecular complexity index is 522. The zero-order chi connectivity index (χ0) is 12.3. The van der Waals surface area contributed by atoms with Gasteiger partial charge in [-0.3, -0.25) is 4.79 Å². The number of Topliss-reactive ketones (excluding diaryl/α,β-unsaturated/α-hetero) is 1. The van der Waals surface area contributed by atoms with E-state index >= 15 is 0 Å². The molecule has 0 saturated carbocycles. The van der Waals surface area contributed by atoms with Gasteiger partial charge in [0.05, 0.1) is 0 Å². The summed E-state index contributed by atoms with van der Waals surface area (Å²) in [6, 6.07) is 9.35. The van der Waals surface area contributed by atoms with Crippen molar-refractivity contribution in [3.05, 3.63) is 64.1 Å². The van der Waals surface area contributed by atoms with E-state index in [4.69, 9.17) is 0 Å². The number of nitrogens with zero attached hydrogens (tertiary/aromatic N) is 1. The third-order valence-electron chi connectivity index (χ3n) is 2.33. The van der Waals surface area contributed by atoms with Crippen LogP contribution in [0.4, 0.5) is 4.39 Å². The monoisotopic (exact) mass is 293 g/mol. The third kappa shape index (κ3) is 3.20. The first kappa shape index (κ1) is 11.9. The predicted octanol–water partition coefficient (Wildman–Crippen LogP) is 3.41. The summed E-state index contributed by atoms with van der Waals surface area (Å²) in [5.41, 5.74) is 1.34. The van der Waals surface area contributed by atoms with E-state index in [0.29, 0.717) is 10.2 Å². The minimum Gasteiger partial charge on any atom is -0.294 e. The fourth-order valence-corrected chi connectivity index (χ4v) is 1.67. The van der Waals surface area contributed by atoms with E-state index < -0.39 is 0 Å². The van der Waals surface area contributed by atoms with Crippen molar-refractivity contribution in [3.63, 3.8) is 0 Å². The van der Waals surface area contributed by atoms with Crippen molar-refractivity contribution in [1.82, 2.24) is 4.98 Å². The molecule has 0 unspecified atom stereocenters. The summed E-state index contributed by atoms with van der Waals surface area (Å²) in [6.45, 7) is 0. The van der Waals surface area contributed by atoms with E-state index in [1.165, 1.54) is 18.3 Å². The second-order valence-corrected chi connectivity index (χ2v) is 4.41. The van der Waals surface area contributed by atoms with E-state index in [1.807, 2.05) is 0 Å². The summed E-state index contributed by atoms with van der Waals surface area (Å²) in [7, 11) is 0. The van der Waals surface area contributed by atoms with Gasteiger partial charge in [-0.25, -0.2) is 9.37 Å². The number of hydrogen-bond donors (Lipinski definition) is 0. The van der Waals surface area contributed by atoms with Gasteiger partial charge in [0.25, 0.3) is 0 Å². The summed E-state index contributed by atoms with van der Waals surface area (Å²) in [5, 5.41) is 0. The van der Waals surface area contributed by atoms with Crippen LogP contribution in [0.15, 0.2) is 47.2 Å². The van der Waals surface area contributed by atoms with Crippen molar-refractivity contribution in [3.8, 4) is 0 Å². The molecule has 0 aliphatic rings. The van der Waals surface area contributed by atoms with Gasteiger partial charge in [0, 0.05) is 18.2 Å². The van der Waals surface area contributed by atoms with Gasteiger partial charge in [-0.1, -0.05) is 12.1 Å². The highest BCUT2D eigenvalue weighted by Gasteiger charge is 2.07. The minimum atomic E-state index is -0.300. The molecule has 0 bridgehead atoms. The summed E-state index contributed by atoms with van der Waals surface area (Å²) >= 11 is 3.21. The first-order valence-electron chi connectivity index (χ1n) is 5.04. The van der Waals surface area contributed by atoms with Crippen LogP contribution in [0.25, 0.3) is 0 Å². The maximum absolute atomic E-state index is 12.7. The Balaban J connectivity index is 2.11. The van der Waals surface area contributed by atoms with Crippen LogP contribution in [-0.4, -0.2) is 10.8 Å². The maximum atomic E-state index is 12.7. The van der Waals surface area contributed by atoms with Crippen molar-refractivity contribution in [2.75, 3.05) is 0 Å². The molecule has 0 aliphatic carbocycles. The first-order chi connectivity index (χ1) is 8.15. The molecule has 17 heavy (non-hydrogen) atoms. The normalized spacial score (nSPS) is 10.2. The fourth-order valence-electron chi connectivity index (χ4n) is 1.43. The largest absolute Gasteiger partial charge is 0.294 e. The van der Waals surface area contributed by atoms with Crippen molar-refractivity contribution in [2.24, 2.45) is 0 Å². The molecule has 2 rings (SSSR count). The molecule has 1 heterocycles. The SMILES string of the molecule is O=C(Cc1ccc(F)cc1)c1ccc(Br)nc1. The molecule has 0 fully saturated rings. The van der Waals surface area contributed by atoms with Gasteiger partial charge < -0.3 is 0 Å². The quantitative estimate of drug-likeness (QED) is 0.641. The molecule has 0 radical (unpaired) electrons. The zero-order valence-electron chi connectivity index (χ0n) is 8.86. The number of halogens is 2. The lowest BCUT2D eigenvalue weighted by molar-refractivity contribution is 0.0992. The number of rotatable bonds is 3. The highest BCUT2D eigenvalue weighted by molar-refractivity contribution is 9.10. The van der Waals surface area contributed by atoms with E-state index in [2.05, 4.69) is 20.9 Å². The Morgan fingerprint density at radius 1 is 1.18 bits per heavy atom. The Kier molecular flexibility index (Phi) is 3.64. The smallest absolute Gasteiger partial charge is 0.168 e. The average Bonchev–Trinajstić information content (AvgIpc) is 2.33. The molecule has 0 amide bonds. The number of hydrogen-bond acceptors (Lipinski definition) is 2. The summed E-state index contributed by atoms with van der Waals surface area (Å²) < 4.78 is 13.4. The van der Waals surface area contributed by atoms with Gasteiger partial charge in [-0.05, 0) is 45.8 Å². The molecule has 0 aliphatic heterocycles. The van der Waals surface area contributed by atoms with Crippen LogP contribution in [0, 0.1) is 5.82 Å². The number of aromatic nitrogens is 1. The molecule has 0 spiro atoms. The molecule has 0 N–H and O–H groups in total. The number of carbonyl (C=O) groups excluding carboxylic acids is 1. The Hall–Kier alpha value is -1.55. The Morgan fingerprint density at radius 3 is 2.47 bits per heavy atom. The number of pyridine rings is 1.